The van der Waals surface area contributed by atoms with E-state index in [9.17, 15) is 13.6 Å². The first-order valence-corrected chi connectivity index (χ1v) is 6.94. The fraction of sp³-hybridized carbons (Fsp3) is 0.235. The third-order valence-corrected chi connectivity index (χ3v) is 3.88. The minimum atomic E-state index is -0.374. The molecule has 1 atom stereocenters. The molecule has 0 bridgehead atoms. The highest BCUT2D eigenvalue weighted by Gasteiger charge is 2.29. The van der Waals surface area contributed by atoms with Gasteiger partial charge in [0.2, 0.25) is 0 Å². The number of benzene rings is 2. The standard InChI is InChI=1S/C17H15F2NO/c1-11-2-3-13-10-15(19)8-9-16(13)20(11)17(21)12-4-6-14(18)7-5-12/h4-11H,2-3H2,1H3/t11-/m1/s1. The van der Waals surface area contributed by atoms with Crippen molar-refractivity contribution in [3.05, 3.63) is 65.2 Å². The van der Waals surface area contributed by atoms with Crippen LogP contribution in [0, 0.1) is 11.6 Å². The molecular weight excluding hydrogens is 272 g/mol. The second kappa shape index (κ2) is 5.28. The van der Waals surface area contributed by atoms with Gasteiger partial charge in [0.15, 0.2) is 0 Å². The predicted molar refractivity (Wildman–Crippen MR) is 77.4 cm³/mol. The number of anilines is 1. The zero-order valence-electron chi connectivity index (χ0n) is 11.6. The molecule has 3 rings (SSSR count). The van der Waals surface area contributed by atoms with Gasteiger partial charge < -0.3 is 4.90 Å². The fourth-order valence-corrected chi connectivity index (χ4v) is 2.76. The molecule has 1 aliphatic heterocycles. The van der Waals surface area contributed by atoms with E-state index < -0.39 is 0 Å². The molecule has 0 radical (unpaired) electrons. The number of aryl methyl sites for hydroxylation is 1. The molecule has 0 saturated heterocycles. The molecule has 4 heteroatoms. The molecule has 0 spiro atoms. The molecule has 0 unspecified atom stereocenters. The summed E-state index contributed by atoms with van der Waals surface area (Å²) in [7, 11) is 0. The van der Waals surface area contributed by atoms with Gasteiger partial charge in [0.25, 0.3) is 5.91 Å². The van der Waals surface area contributed by atoms with Crippen LogP contribution in [0.1, 0.15) is 29.3 Å². The number of carbonyl (C=O) groups excluding carboxylic acids is 1. The number of rotatable bonds is 1. The number of fused-ring (bicyclic) bond motifs is 1. The van der Waals surface area contributed by atoms with Crippen molar-refractivity contribution < 1.29 is 13.6 Å². The Hall–Kier alpha value is -2.23. The van der Waals surface area contributed by atoms with Crippen LogP contribution in [0.3, 0.4) is 0 Å². The first kappa shape index (κ1) is 13.7. The molecule has 2 nitrogen and oxygen atoms in total. The lowest BCUT2D eigenvalue weighted by Gasteiger charge is -2.35. The Morgan fingerprint density at radius 2 is 1.76 bits per heavy atom. The van der Waals surface area contributed by atoms with E-state index in [1.165, 1.54) is 36.4 Å². The number of amides is 1. The minimum absolute atomic E-state index is 0.0283. The van der Waals surface area contributed by atoms with Crippen molar-refractivity contribution in [1.29, 1.82) is 0 Å². The summed E-state index contributed by atoms with van der Waals surface area (Å²) in [6.45, 7) is 1.97. The summed E-state index contributed by atoms with van der Waals surface area (Å²) >= 11 is 0. The molecule has 1 heterocycles. The van der Waals surface area contributed by atoms with Crippen LogP contribution in [0.15, 0.2) is 42.5 Å². The van der Waals surface area contributed by atoms with Gasteiger partial charge in [-0.3, -0.25) is 4.79 Å². The van der Waals surface area contributed by atoms with Crippen LogP contribution in [-0.4, -0.2) is 11.9 Å². The average molecular weight is 287 g/mol. The maximum atomic E-state index is 13.3. The lowest BCUT2D eigenvalue weighted by Crippen LogP contribution is -2.42. The van der Waals surface area contributed by atoms with Crippen LogP contribution in [0.2, 0.25) is 0 Å². The lowest BCUT2D eigenvalue weighted by atomic mass is 9.95. The summed E-state index contributed by atoms with van der Waals surface area (Å²) in [5, 5.41) is 0. The smallest absolute Gasteiger partial charge is 0.258 e. The fourth-order valence-electron chi connectivity index (χ4n) is 2.76. The number of nitrogens with zero attached hydrogens (tertiary/aromatic N) is 1. The molecule has 0 aromatic heterocycles. The molecule has 2 aromatic rings. The maximum Gasteiger partial charge on any atom is 0.258 e. The molecule has 0 saturated carbocycles. The van der Waals surface area contributed by atoms with Gasteiger partial charge in [0.1, 0.15) is 11.6 Å². The molecule has 1 amide bonds. The van der Waals surface area contributed by atoms with Crippen LogP contribution in [0.5, 0.6) is 0 Å². The Labute approximate surface area is 122 Å². The van der Waals surface area contributed by atoms with Crippen molar-refractivity contribution in [2.45, 2.75) is 25.8 Å². The summed E-state index contributed by atoms with van der Waals surface area (Å²) in [5.41, 5.74) is 2.01. The summed E-state index contributed by atoms with van der Waals surface area (Å²) in [6.07, 6.45) is 1.53. The molecule has 0 fully saturated rings. The Bertz CT molecular complexity index is 682. The molecular formula is C17H15F2NO. The van der Waals surface area contributed by atoms with Crippen LogP contribution in [-0.2, 0) is 6.42 Å². The van der Waals surface area contributed by atoms with Crippen molar-refractivity contribution >= 4 is 11.6 Å². The molecule has 108 valence electrons. The van der Waals surface area contributed by atoms with Crippen LogP contribution in [0.4, 0.5) is 14.5 Å². The highest BCUT2D eigenvalue weighted by atomic mass is 19.1. The number of hydrogen-bond acceptors (Lipinski definition) is 1. The van der Waals surface area contributed by atoms with Gasteiger partial charge in [0.05, 0.1) is 0 Å². The van der Waals surface area contributed by atoms with Crippen molar-refractivity contribution in [2.24, 2.45) is 0 Å². The Morgan fingerprint density at radius 1 is 1.10 bits per heavy atom. The second-order valence-electron chi connectivity index (χ2n) is 5.34. The van der Waals surface area contributed by atoms with E-state index in [0.717, 1.165) is 24.1 Å². The average Bonchev–Trinajstić information content (AvgIpc) is 2.47. The summed E-state index contributed by atoms with van der Waals surface area (Å²) < 4.78 is 26.3. The first-order chi connectivity index (χ1) is 10.1. The van der Waals surface area contributed by atoms with Crippen molar-refractivity contribution in [3.8, 4) is 0 Å². The third-order valence-electron chi connectivity index (χ3n) is 3.88. The molecule has 21 heavy (non-hydrogen) atoms. The van der Waals surface area contributed by atoms with Gasteiger partial charge in [-0.2, -0.15) is 0 Å². The molecule has 0 N–H and O–H groups in total. The lowest BCUT2D eigenvalue weighted by molar-refractivity contribution is 0.0975. The second-order valence-corrected chi connectivity index (χ2v) is 5.34. The normalized spacial score (nSPS) is 17.5. The van der Waals surface area contributed by atoms with E-state index >= 15 is 0 Å². The predicted octanol–water partition coefficient (Wildman–Crippen LogP) is 3.95. The maximum absolute atomic E-state index is 13.3. The number of carbonyl (C=O) groups is 1. The van der Waals surface area contributed by atoms with E-state index in [1.54, 1.807) is 11.0 Å². The third kappa shape index (κ3) is 2.53. The zero-order valence-corrected chi connectivity index (χ0v) is 11.6. The van der Waals surface area contributed by atoms with Crippen molar-refractivity contribution in [1.82, 2.24) is 0 Å². The largest absolute Gasteiger partial charge is 0.305 e. The first-order valence-electron chi connectivity index (χ1n) is 6.94. The number of halogens is 2. The monoisotopic (exact) mass is 287 g/mol. The van der Waals surface area contributed by atoms with Crippen LogP contribution in [0.25, 0.3) is 0 Å². The van der Waals surface area contributed by atoms with Gasteiger partial charge >= 0.3 is 0 Å². The van der Waals surface area contributed by atoms with E-state index in [1.807, 2.05) is 6.92 Å². The number of hydrogen-bond donors (Lipinski definition) is 0. The summed E-state index contributed by atoms with van der Waals surface area (Å²) in [5.74, 6) is -0.853. The zero-order chi connectivity index (χ0) is 15.0. The summed E-state index contributed by atoms with van der Waals surface area (Å²) in [4.78, 5) is 14.4. The van der Waals surface area contributed by atoms with E-state index in [-0.39, 0.29) is 23.6 Å². The SMILES string of the molecule is C[C@@H]1CCc2cc(F)ccc2N1C(=O)c1ccc(F)cc1. The van der Waals surface area contributed by atoms with E-state index in [2.05, 4.69) is 0 Å². The minimum Gasteiger partial charge on any atom is -0.305 e. The van der Waals surface area contributed by atoms with Gasteiger partial charge in [-0.15, -0.1) is 0 Å². The van der Waals surface area contributed by atoms with E-state index in [0.29, 0.717) is 5.56 Å². The highest BCUT2D eigenvalue weighted by Crippen LogP contribution is 2.32. The molecule has 2 aromatic carbocycles. The highest BCUT2D eigenvalue weighted by molar-refractivity contribution is 6.07. The van der Waals surface area contributed by atoms with Crippen LogP contribution >= 0.6 is 0 Å². The molecule has 0 aliphatic carbocycles. The van der Waals surface area contributed by atoms with E-state index in [4.69, 9.17) is 0 Å². The van der Waals surface area contributed by atoms with Crippen LogP contribution < -0.4 is 4.90 Å². The van der Waals surface area contributed by atoms with Gasteiger partial charge in [0, 0.05) is 17.3 Å². The van der Waals surface area contributed by atoms with Gasteiger partial charge in [-0.05, 0) is 67.8 Å². The molecule has 1 aliphatic rings. The van der Waals surface area contributed by atoms with Crippen molar-refractivity contribution in [2.75, 3.05) is 4.90 Å². The van der Waals surface area contributed by atoms with Gasteiger partial charge in [-0.1, -0.05) is 0 Å². The Morgan fingerprint density at radius 3 is 2.48 bits per heavy atom. The quantitative estimate of drug-likeness (QED) is 0.777. The Kier molecular flexibility index (Phi) is 3.45. The summed E-state index contributed by atoms with van der Waals surface area (Å²) in [6, 6.07) is 10.0. The van der Waals surface area contributed by atoms with Gasteiger partial charge in [-0.25, -0.2) is 8.78 Å². The Balaban J connectivity index is 2.01. The topological polar surface area (TPSA) is 20.3 Å². The van der Waals surface area contributed by atoms with Crippen molar-refractivity contribution in [3.63, 3.8) is 0 Å².